The van der Waals surface area contributed by atoms with Gasteiger partial charge in [-0.25, -0.2) is 0 Å². The summed E-state index contributed by atoms with van der Waals surface area (Å²) in [6.07, 6.45) is 7.73. The normalized spacial score (nSPS) is 10.7. The van der Waals surface area contributed by atoms with E-state index < -0.39 is 5.97 Å². The Morgan fingerprint density at radius 3 is 2.60 bits per heavy atom. The van der Waals surface area contributed by atoms with Crippen LogP contribution in [0.2, 0.25) is 0 Å². The van der Waals surface area contributed by atoms with Crippen molar-refractivity contribution in [1.29, 1.82) is 5.26 Å². The molecule has 3 aromatic rings. The molecule has 0 spiro atoms. The van der Waals surface area contributed by atoms with Gasteiger partial charge >= 0.3 is 5.97 Å². The van der Waals surface area contributed by atoms with Crippen molar-refractivity contribution in [3.63, 3.8) is 0 Å². The van der Waals surface area contributed by atoms with Crippen LogP contribution in [-0.4, -0.2) is 28.9 Å². The van der Waals surface area contributed by atoms with Crippen molar-refractivity contribution in [2.24, 2.45) is 0 Å². The molecule has 2 aromatic carbocycles. The van der Waals surface area contributed by atoms with E-state index in [-0.39, 0.29) is 6.42 Å². The Morgan fingerprint density at radius 2 is 1.83 bits per heavy atom. The highest BCUT2D eigenvalue weighted by atomic mass is 32.2. The van der Waals surface area contributed by atoms with E-state index in [0.717, 1.165) is 58.5 Å². The number of carboxylic acid groups (broad SMARTS) is 1. The number of fused-ring (bicyclic) bond motifs is 1. The first-order valence-electron chi connectivity index (χ1n) is 10.1. The summed E-state index contributed by atoms with van der Waals surface area (Å²) < 4.78 is 0. The lowest BCUT2D eigenvalue weighted by atomic mass is 10.0. The lowest BCUT2D eigenvalue weighted by Gasteiger charge is -2.23. The van der Waals surface area contributed by atoms with Gasteiger partial charge in [0.25, 0.3) is 0 Å². The fraction of sp³-hybridized carbons (Fsp3) is 0.292. The molecule has 0 aliphatic carbocycles. The van der Waals surface area contributed by atoms with Crippen molar-refractivity contribution in [3.8, 4) is 6.07 Å². The fourth-order valence-electron chi connectivity index (χ4n) is 3.46. The number of carboxylic acids is 1. The molecule has 154 valence electrons. The maximum Gasteiger partial charge on any atom is 0.303 e. The Kier molecular flexibility index (Phi) is 7.69. The van der Waals surface area contributed by atoms with Gasteiger partial charge in [0.1, 0.15) is 0 Å². The smallest absolute Gasteiger partial charge is 0.303 e. The summed E-state index contributed by atoms with van der Waals surface area (Å²) in [7, 11) is 2.03. The van der Waals surface area contributed by atoms with Crippen LogP contribution < -0.4 is 4.90 Å². The largest absolute Gasteiger partial charge is 0.481 e. The Morgan fingerprint density at radius 1 is 1.07 bits per heavy atom. The van der Waals surface area contributed by atoms with Crippen molar-refractivity contribution in [1.82, 2.24) is 4.98 Å². The SMILES string of the molecule is CN(c1cnccc1SCCCCCCC(=O)O)c1ccc(C#N)c2ccccc12. The van der Waals surface area contributed by atoms with E-state index in [0.29, 0.717) is 5.56 Å². The number of nitrogens with zero attached hydrogens (tertiary/aromatic N) is 3. The molecule has 0 atom stereocenters. The van der Waals surface area contributed by atoms with Gasteiger partial charge in [-0.2, -0.15) is 5.26 Å². The zero-order valence-electron chi connectivity index (χ0n) is 17.0. The maximum atomic E-state index is 10.6. The minimum Gasteiger partial charge on any atom is -0.481 e. The summed E-state index contributed by atoms with van der Waals surface area (Å²) in [6, 6.07) is 16.1. The highest BCUT2D eigenvalue weighted by molar-refractivity contribution is 7.99. The third-order valence-corrected chi connectivity index (χ3v) is 6.20. The van der Waals surface area contributed by atoms with Gasteiger partial charge in [0.15, 0.2) is 0 Å². The highest BCUT2D eigenvalue weighted by Crippen LogP contribution is 2.37. The molecule has 1 aromatic heterocycles. The molecule has 0 saturated heterocycles. The number of benzene rings is 2. The second-order valence-corrected chi connectivity index (χ2v) is 8.24. The van der Waals surface area contributed by atoms with Crippen LogP contribution in [0.1, 0.15) is 37.7 Å². The number of anilines is 2. The number of hydrogen-bond acceptors (Lipinski definition) is 5. The van der Waals surface area contributed by atoms with Gasteiger partial charge in [0.2, 0.25) is 0 Å². The summed E-state index contributed by atoms with van der Waals surface area (Å²) in [5.41, 5.74) is 2.74. The molecular formula is C24H25N3O2S. The average molecular weight is 420 g/mol. The van der Waals surface area contributed by atoms with Gasteiger partial charge in [-0.1, -0.05) is 37.1 Å². The van der Waals surface area contributed by atoms with Crippen LogP contribution in [0.25, 0.3) is 10.8 Å². The molecule has 0 aliphatic heterocycles. The minimum atomic E-state index is -0.718. The number of carbonyl (C=O) groups is 1. The molecule has 0 saturated carbocycles. The Bertz CT molecular complexity index is 1060. The number of hydrogen-bond donors (Lipinski definition) is 1. The lowest BCUT2D eigenvalue weighted by molar-refractivity contribution is -0.137. The number of thioether (sulfide) groups is 1. The van der Waals surface area contributed by atoms with Gasteiger partial charge in [0.05, 0.1) is 23.5 Å². The first-order chi connectivity index (χ1) is 14.6. The third kappa shape index (κ3) is 5.31. The van der Waals surface area contributed by atoms with Gasteiger partial charge in [-0.3, -0.25) is 9.78 Å². The minimum absolute atomic E-state index is 0.255. The first-order valence-corrected chi connectivity index (χ1v) is 11.0. The van der Waals surface area contributed by atoms with Crippen molar-refractivity contribution >= 4 is 39.9 Å². The van der Waals surface area contributed by atoms with Crippen LogP contribution in [0.15, 0.2) is 59.8 Å². The lowest BCUT2D eigenvalue weighted by Crippen LogP contribution is -2.11. The fourth-order valence-corrected chi connectivity index (χ4v) is 4.53. The number of nitriles is 1. The summed E-state index contributed by atoms with van der Waals surface area (Å²) in [6.45, 7) is 0. The van der Waals surface area contributed by atoms with Crippen molar-refractivity contribution in [2.45, 2.75) is 37.0 Å². The van der Waals surface area contributed by atoms with Crippen molar-refractivity contribution < 1.29 is 9.90 Å². The Hall–Kier alpha value is -3.04. The van der Waals surface area contributed by atoms with E-state index in [1.165, 1.54) is 0 Å². The van der Waals surface area contributed by atoms with Gasteiger partial charge in [0, 0.05) is 41.0 Å². The maximum absolute atomic E-state index is 10.6. The van der Waals surface area contributed by atoms with Gasteiger partial charge < -0.3 is 10.0 Å². The second-order valence-electron chi connectivity index (χ2n) is 7.10. The van der Waals surface area contributed by atoms with E-state index in [9.17, 15) is 10.1 Å². The predicted molar refractivity (Wildman–Crippen MR) is 122 cm³/mol. The predicted octanol–water partition coefficient (Wildman–Crippen LogP) is 6.00. The standard InChI is InChI=1S/C24H25N3O2S/c1-27(21-12-11-18(16-25)19-8-5-6-9-20(19)21)22-17-26-14-13-23(22)30-15-7-3-2-4-10-24(28)29/h5-6,8-9,11-14,17H,2-4,7,10,15H2,1H3,(H,28,29). The molecule has 5 nitrogen and oxygen atoms in total. The molecule has 0 aliphatic rings. The number of pyridine rings is 1. The third-order valence-electron chi connectivity index (χ3n) is 5.05. The van der Waals surface area contributed by atoms with Crippen molar-refractivity contribution in [2.75, 3.05) is 17.7 Å². The van der Waals surface area contributed by atoms with Crippen LogP contribution in [0.4, 0.5) is 11.4 Å². The number of aliphatic carboxylic acids is 1. The Balaban J connectivity index is 1.72. The van der Waals surface area contributed by atoms with E-state index in [1.54, 1.807) is 11.8 Å². The molecule has 6 heteroatoms. The zero-order chi connectivity index (χ0) is 21.3. The second kappa shape index (κ2) is 10.7. The topological polar surface area (TPSA) is 77.2 Å². The molecule has 1 N–H and O–H groups in total. The number of aromatic nitrogens is 1. The summed E-state index contributed by atoms with van der Waals surface area (Å²) in [5.74, 6) is 0.260. The van der Waals surface area contributed by atoms with Crippen LogP contribution in [0.5, 0.6) is 0 Å². The van der Waals surface area contributed by atoms with Crippen LogP contribution in [-0.2, 0) is 4.79 Å². The molecule has 30 heavy (non-hydrogen) atoms. The molecule has 0 unspecified atom stereocenters. The molecule has 0 bridgehead atoms. The van der Waals surface area contributed by atoms with Crippen LogP contribution in [0, 0.1) is 11.3 Å². The first kappa shape index (κ1) is 21.7. The molecular weight excluding hydrogens is 394 g/mol. The molecule has 0 amide bonds. The summed E-state index contributed by atoms with van der Waals surface area (Å²) >= 11 is 1.80. The quantitative estimate of drug-likeness (QED) is 0.321. The number of rotatable bonds is 10. The summed E-state index contributed by atoms with van der Waals surface area (Å²) in [5, 5.41) is 20.1. The zero-order valence-corrected chi connectivity index (χ0v) is 17.9. The molecule has 0 radical (unpaired) electrons. The Labute approximate surface area is 181 Å². The molecule has 1 heterocycles. The van der Waals surface area contributed by atoms with E-state index >= 15 is 0 Å². The van der Waals surface area contributed by atoms with E-state index in [4.69, 9.17) is 5.11 Å². The average Bonchev–Trinajstić information content (AvgIpc) is 2.77. The van der Waals surface area contributed by atoms with Crippen LogP contribution >= 0.6 is 11.8 Å². The highest BCUT2D eigenvalue weighted by Gasteiger charge is 2.14. The summed E-state index contributed by atoms with van der Waals surface area (Å²) in [4.78, 5) is 18.2. The van der Waals surface area contributed by atoms with Gasteiger partial charge in [-0.15, -0.1) is 11.8 Å². The van der Waals surface area contributed by atoms with Crippen LogP contribution in [0.3, 0.4) is 0 Å². The monoisotopic (exact) mass is 419 g/mol. The number of unbranched alkanes of at least 4 members (excludes halogenated alkanes) is 3. The van der Waals surface area contributed by atoms with E-state index in [2.05, 4.69) is 16.0 Å². The van der Waals surface area contributed by atoms with Crippen molar-refractivity contribution in [3.05, 3.63) is 60.4 Å². The van der Waals surface area contributed by atoms with E-state index in [1.807, 2.05) is 61.9 Å². The molecule has 0 fully saturated rings. The van der Waals surface area contributed by atoms with Gasteiger partial charge in [-0.05, 0) is 36.8 Å². The molecule has 3 rings (SSSR count).